The topological polar surface area (TPSA) is 70.3 Å². The van der Waals surface area contributed by atoms with Crippen LogP contribution in [-0.4, -0.2) is 27.2 Å². The second-order valence-corrected chi connectivity index (χ2v) is 7.41. The summed E-state index contributed by atoms with van der Waals surface area (Å²) in [6.45, 7) is 11.5. The fourth-order valence-electron chi connectivity index (χ4n) is 3.53. The van der Waals surface area contributed by atoms with Crippen LogP contribution in [0.4, 0.5) is 0 Å². The van der Waals surface area contributed by atoms with Crippen LogP contribution in [-0.2, 0) is 17.8 Å². The standard InChI is InChI=1S/C19H23N3O3/c1-6-23-18-16-15(20-9-21-18)13-11-7-19(4,5)24-8-12(11)14(10(2)3)22-17(13)25-16/h9-10H,6-8H2,1-5H3. The molecule has 0 saturated carbocycles. The van der Waals surface area contributed by atoms with Gasteiger partial charge in [-0.2, -0.15) is 4.98 Å². The second kappa shape index (κ2) is 5.66. The van der Waals surface area contributed by atoms with Crippen molar-refractivity contribution in [2.24, 2.45) is 0 Å². The summed E-state index contributed by atoms with van der Waals surface area (Å²) in [7, 11) is 0. The summed E-state index contributed by atoms with van der Waals surface area (Å²) < 4.78 is 17.7. The minimum Gasteiger partial charge on any atom is -0.475 e. The van der Waals surface area contributed by atoms with Gasteiger partial charge in [-0.25, -0.2) is 9.97 Å². The van der Waals surface area contributed by atoms with E-state index in [0.717, 1.165) is 23.0 Å². The van der Waals surface area contributed by atoms with E-state index in [4.69, 9.17) is 18.9 Å². The summed E-state index contributed by atoms with van der Waals surface area (Å²) >= 11 is 0. The monoisotopic (exact) mass is 341 g/mol. The van der Waals surface area contributed by atoms with Gasteiger partial charge in [-0.05, 0) is 32.3 Å². The number of hydrogen-bond donors (Lipinski definition) is 0. The third-order valence-electron chi connectivity index (χ3n) is 4.66. The lowest BCUT2D eigenvalue weighted by Gasteiger charge is -2.33. The van der Waals surface area contributed by atoms with Gasteiger partial charge in [0.05, 0.1) is 29.9 Å². The minimum absolute atomic E-state index is 0.227. The fourth-order valence-corrected chi connectivity index (χ4v) is 3.53. The van der Waals surface area contributed by atoms with E-state index in [9.17, 15) is 0 Å². The van der Waals surface area contributed by atoms with Crippen molar-refractivity contribution >= 4 is 22.2 Å². The zero-order valence-electron chi connectivity index (χ0n) is 15.3. The Kier molecular flexibility index (Phi) is 3.68. The molecule has 4 rings (SSSR count). The first-order valence-electron chi connectivity index (χ1n) is 8.77. The van der Waals surface area contributed by atoms with Gasteiger partial charge >= 0.3 is 0 Å². The summed E-state index contributed by atoms with van der Waals surface area (Å²) in [6, 6.07) is 0. The number of nitrogens with zero attached hydrogens (tertiary/aromatic N) is 3. The van der Waals surface area contributed by atoms with Crippen LogP contribution < -0.4 is 4.74 Å². The van der Waals surface area contributed by atoms with Gasteiger partial charge in [0.25, 0.3) is 5.88 Å². The van der Waals surface area contributed by atoms with Gasteiger partial charge in [-0.15, -0.1) is 0 Å². The SMILES string of the molecule is CCOc1ncnc2c1oc1nc(C(C)C)c3c(c12)CC(C)(C)OC3. The number of ether oxygens (including phenoxy) is 2. The summed E-state index contributed by atoms with van der Waals surface area (Å²) in [5.41, 5.74) is 5.14. The summed E-state index contributed by atoms with van der Waals surface area (Å²) in [5.74, 6) is 0.755. The third kappa shape index (κ3) is 2.56. The molecule has 4 heterocycles. The first kappa shape index (κ1) is 16.3. The molecule has 1 aliphatic rings. The van der Waals surface area contributed by atoms with Crippen LogP contribution in [0.3, 0.4) is 0 Å². The van der Waals surface area contributed by atoms with Gasteiger partial charge in [0, 0.05) is 12.0 Å². The Balaban J connectivity index is 2.09. The number of rotatable bonds is 3. The largest absolute Gasteiger partial charge is 0.475 e. The van der Waals surface area contributed by atoms with Gasteiger partial charge < -0.3 is 13.9 Å². The highest BCUT2D eigenvalue weighted by Crippen LogP contribution is 2.40. The molecule has 0 amide bonds. The Labute approximate surface area is 146 Å². The lowest BCUT2D eigenvalue weighted by molar-refractivity contribution is -0.0402. The van der Waals surface area contributed by atoms with Crippen molar-refractivity contribution in [3.05, 3.63) is 23.1 Å². The fraction of sp³-hybridized carbons (Fsp3) is 0.526. The van der Waals surface area contributed by atoms with Crippen molar-refractivity contribution in [2.45, 2.75) is 59.2 Å². The Morgan fingerprint density at radius 3 is 2.76 bits per heavy atom. The molecule has 0 aromatic carbocycles. The molecular formula is C19H23N3O3. The lowest BCUT2D eigenvalue weighted by Crippen LogP contribution is -2.33. The molecule has 25 heavy (non-hydrogen) atoms. The molecular weight excluding hydrogens is 318 g/mol. The highest BCUT2D eigenvalue weighted by atomic mass is 16.5. The maximum atomic E-state index is 6.06. The predicted molar refractivity (Wildman–Crippen MR) is 94.9 cm³/mol. The minimum atomic E-state index is -0.227. The van der Waals surface area contributed by atoms with Gasteiger partial charge in [-0.3, -0.25) is 0 Å². The van der Waals surface area contributed by atoms with E-state index in [2.05, 4.69) is 37.7 Å². The maximum absolute atomic E-state index is 6.06. The number of pyridine rings is 1. The number of hydrogen-bond acceptors (Lipinski definition) is 6. The molecule has 6 heteroatoms. The van der Waals surface area contributed by atoms with Crippen molar-refractivity contribution < 1.29 is 13.9 Å². The lowest BCUT2D eigenvalue weighted by atomic mass is 9.87. The average molecular weight is 341 g/mol. The Hall–Kier alpha value is -2.21. The molecule has 0 aliphatic carbocycles. The zero-order valence-corrected chi connectivity index (χ0v) is 15.3. The van der Waals surface area contributed by atoms with E-state index < -0.39 is 0 Å². The van der Waals surface area contributed by atoms with E-state index in [1.165, 1.54) is 17.5 Å². The second-order valence-electron chi connectivity index (χ2n) is 7.41. The maximum Gasteiger partial charge on any atom is 0.261 e. The highest BCUT2D eigenvalue weighted by Gasteiger charge is 2.32. The predicted octanol–water partition coefficient (Wildman–Crippen LogP) is 4.14. The van der Waals surface area contributed by atoms with E-state index in [1.54, 1.807) is 0 Å². The van der Waals surface area contributed by atoms with Crippen molar-refractivity contribution in [1.29, 1.82) is 0 Å². The number of fused-ring (bicyclic) bond motifs is 5. The number of aromatic nitrogens is 3. The smallest absolute Gasteiger partial charge is 0.261 e. The van der Waals surface area contributed by atoms with E-state index in [-0.39, 0.29) is 11.5 Å². The van der Waals surface area contributed by atoms with E-state index in [1.807, 2.05) is 6.92 Å². The van der Waals surface area contributed by atoms with Crippen molar-refractivity contribution in [3.8, 4) is 5.88 Å². The van der Waals surface area contributed by atoms with Gasteiger partial charge in [0.1, 0.15) is 11.8 Å². The van der Waals surface area contributed by atoms with Crippen LogP contribution in [0.15, 0.2) is 10.7 Å². The molecule has 6 nitrogen and oxygen atoms in total. The molecule has 0 unspecified atom stereocenters. The summed E-state index contributed by atoms with van der Waals surface area (Å²) in [6.07, 6.45) is 2.32. The van der Waals surface area contributed by atoms with Gasteiger partial charge in [-0.1, -0.05) is 13.8 Å². The molecule has 0 fully saturated rings. The third-order valence-corrected chi connectivity index (χ3v) is 4.66. The molecule has 0 saturated heterocycles. The normalized spacial score (nSPS) is 16.6. The highest BCUT2D eigenvalue weighted by molar-refractivity contribution is 6.05. The molecule has 1 aliphatic heterocycles. The molecule has 0 bridgehead atoms. The zero-order chi connectivity index (χ0) is 17.8. The number of furan rings is 1. The van der Waals surface area contributed by atoms with Gasteiger partial charge in [0.15, 0.2) is 0 Å². The molecule has 0 radical (unpaired) electrons. The Morgan fingerprint density at radius 1 is 1.24 bits per heavy atom. The first-order chi connectivity index (χ1) is 11.9. The van der Waals surface area contributed by atoms with Crippen LogP contribution in [0.1, 0.15) is 57.4 Å². The summed E-state index contributed by atoms with van der Waals surface area (Å²) in [5, 5.41) is 0.967. The van der Waals surface area contributed by atoms with Crippen LogP contribution in [0, 0.1) is 0 Å². The average Bonchev–Trinajstić information content (AvgIpc) is 2.93. The van der Waals surface area contributed by atoms with Crippen molar-refractivity contribution in [3.63, 3.8) is 0 Å². The van der Waals surface area contributed by atoms with E-state index in [0.29, 0.717) is 30.4 Å². The molecule has 0 spiro atoms. The van der Waals surface area contributed by atoms with E-state index >= 15 is 0 Å². The molecule has 3 aromatic rings. The van der Waals surface area contributed by atoms with Crippen LogP contribution in [0.2, 0.25) is 0 Å². The molecule has 0 N–H and O–H groups in total. The van der Waals surface area contributed by atoms with Crippen LogP contribution in [0.5, 0.6) is 5.88 Å². The van der Waals surface area contributed by atoms with Crippen LogP contribution in [0.25, 0.3) is 22.2 Å². The van der Waals surface area contributed by atoms with Gasteiger partial charge in [0.2, 0.25) is 11.3 Å². The van der Waals surface area contributed by atoms with Crippen LogP contribution >= 0.6 is 0 Å². The summed E-state index contributed by atoms with van der Waals surface area (Å²) in [4.78, 5) is 13.5. The van der Waals surface area contributed by atoms with Crippen molar-refractivity contribution in [1.82, 2.24) is 15.0 Å². The molecule has 3 aromatic heterocycles. The molecule has 0 atom stereocenters. The Morgan fingerprint density at radius 2 is 2.04 bits per heavy atom. The quantitative estimate of drug-likeness (QED) is 0.713. The Bertz CT molecular complexity index is 960. The molecule has 132 valence electrons. The van der Waals surface area contributed by atoms with Crippen molar-refractivity contribution in [2.75, 3.05) is 6.61 Å². The first-order valence-corrected chi connectivity index (χ1v) is 8.77.